The molecule has 2 aromatic rings. The zero-order chi connectivity index (χ0) is 11.8. The average Bonchev–Trinajstić information content (AvgIpc) is 2.63. The third-order valence-corrected chi connectivity index (χ3v) is 4.08. The molecule has 0 radical (unpaired) electrons. The van der Waals surface area contributed by atoms with Crippen LogP contribution in [0.5, 0.6) is 0 Å². The Morgan fingerprint density at radius 1 is 1.38 bits per heavy atom. The highest BCUT2D eigenvalue weighted by molar-refractivity contribution is 7.93. The normalized spacial score (nSPS) is 12.2. The van der Waals surface area contributed by atoms with Crippen molar-refractivity contribution in [2.24, 2.45) is 0 Å². The Balaban J connectivity index is 2.34. The molecule has 0 atom stereocenters. The highest BCUT2D eigenvalue weighted by Crippen LogP contribution is 2.18. The van der Waals surface area contributed by atoms with Gasteiger partial charge in [0.15, 0.2) is 0 Å². The van der Waals surface area contributed by atoms with Gasteiger partial charge in [0.05, 0.1) is 17.0 Å². The predicted octanol–water partition coefficient (Wildman–Crippen LogP) is 1.71. The summed E-state index contributed by atoms with van der Waals surface area (Å²) >= 11 is 0. The summed E-state index contributed by atoms with van der Waals surface area (Å²) in [7, 11) is -3.28. The number of nitrogens with zero attached hydrogens (tertiary/aromatic N) is 1. The fourth-order valence-electron chi connectivity index (χ4n) is 1.29. The Kier molecular flexibility index (Phi) is 2.59. The number of rotatable bonds is 3. The van der Waals surface area contributed by atoms with Gasteiger partial charge < -0.3 is 0 Å². The quantitative estimate of drug-likeness (QED) is 0.856. The zero-order valence-corrected chi connectivity index (χ0v) is 9.88. The molecule has 2 N–H and O–H groups in total. The van der Waals surface area contributed by atoms with E-state index in [0.717, 1.165) is 10.9 Å². The van der Waals surface area contributed by atoms with Crippen LogP contribution >= 0.6 is 0 Å². The van der Waals surface area contributed by atoms with E-state index in [0.29, 0.717) is 5.69 Å². The minimum atomic E-state index is -3.28. The highest BCUT2D eigenvalue weighted by atomic mass is 32.2. The van der Waals surface area contributed by atoms with Crippen molar-refractivity contribution < 1.29 is 8.42 Å². The molecule has 0 spiro atoms. The van der Waals surface area contributed by atoms with Gasteiger partial charge in [-0.05, 0) is 32.0 Å². The molecule has 6 heteroatoms. The number of hydrogen-bond acceptors (Lipinski definition) is 3. The zero-order valence-electron chi connectivity index (χ0n) is 9.06. The molecule has 1 aromatic heterocycles. The predicted molar refractivity (Wildman–Crippen MR) is 63.8 cm³/mol. The first-order valence-electron chi connectivity index (χ1n) is 4.94. The molecular formula is C10H13N3O2S. The number of nitrogens with one attached hydrogen (secondary N) is 2. The summed E-state index contributed by atoms with van der Waals surface area (Å²) in [5, 5.41) is 7.10. The summed E-state index contributed by atoms with van der Waals surface area (Å²) in [6.45, 7) is 3.28. The minimum absolute atomic E-state index is 0.451. The van der Waals surface area contributed by atoms with Crippen molar-refractivity contribution in [1.29, 1.82) is 0 Å². The van der Waals surface area contributed by atoms with E-state index < -0.39 is 15.3 Å². The van der Waals surface area contributed by atoms with Gasteiger partial charge >= 0.3 is 0 Å². The van der Waals surface area contributed by atoms with Crippen LogP contribution in [0.25, 0.3) is 10.9 Å². The van der Waals surface area contributed by atoms with Gasteiger partial charge in [0.2, 0.25) is 10.0 Å². The van der Waals surface area contributed by atoms with Crippen LogP contribution < -0.4 is 4.72 Å². The third kappa shape index (κ3) is 2.01. The molecule has 1 aromatic carbocycles. The second kappa shape index (κ2) is 3.79. The van der Waals surface area contributed by atoms with E-state index in [1.807, 2.05) is 0 Å². The lowest BCUT2D eigenvalue weighted by Crippen LogP contribution is -2.22. The lowest BCUT2D eigenvalue weighted by molar-refractivity contribution is 0.593. The molecule has 0 amide bonds. The monoisotopic (exact) mass is 239 g/mol. The van der Waals surface area contributed by atoms with Crippen LogP contribution in [0.15, 0.2) is 24.4 Å². The maximum atomic E-state index is 11.6. The number of sulfonamides is 1. The Hall–Kier alpha value is -1.56. The van der Waals surface area contributed by atoms with Crippen molar-refractivity contribution in [2.75, 3.05) is 4.72 Å². The maximum Gasteiger partial charge on any atom is 0.235 e. The maximum absolute atomic E-state index is 11.6. The SMILES string of the molecule is CC(C)S(=O)(=O)Nc1ccc2[nH]ncc2c1. The summed E-state index contributed by atoms with van der Waals surface area (Å²) < 4.78 is 25.8. The molecule has 86 valence electrons. The van der Waals surface area contributed by atoms with E-state index in [2.05, 4.69) is 14.9 Å². The fourth-order valence-corrected chi connectivity index (χ4v) is 1.98. The van der Waals surface area contributed by atoms with E-state index in [1.165, 1.54) is 0 Å². The van der Waals surface area contributed by atoms with Gasteiger partial charge in [-0.2, -0.15) is 5.10 Å². The molecule has 0 saturated carbocycles. The van der Waals surface area contributed by atoms with Crippen molar-refractivity contribution in [2.45, 2.75) is 19.1 Å². The lowest BCUT2D eigenvalue weighted by Gasteiger charge is -2.10. The summed E-state index contributed by atoms with van der Waals surface area (Å²) in [4.78, 5) is 0. The van der Waals surface area contributed by atoms with Crippen LogP contribution in [0.3, 0.4) is 0 Å². The van der Waals surface area contributed by atoms with Gasteiger partial charge in [-0.1, -0.05) is 0 Å². The Bertz CT molecular complexity index is 601. The van der Waals surface area contributed by atoms with Gasteiger partial charge in [-0.3, -0.25) is 9.82 Å². The van der Waals surface area contributed by atoms with Crippen molar-refractivity contribution in [3.63, 3.8) is 0 Å². The second-order valence-electron chi connectivity index (χ2n) is 3.87. The van der Waals surface area contributed by atoms with Gasteiger partial charge in [-0.25, -0.2) is 8.42 Å². The van der Waals surface area contributed by atoms with Gasteiger partial charge in [0.1, 0.15) is 0 Å². The van der Waals surface area contributed by atoms with Crippen LogP contribution in [0, 0.1) is 0 Å². The molecule has 1 heterocycles. The molecule has 0 aliphatic rings. The number of anilines is 1. The molecular weight excluding hydrogens is 226 g/mol. The number of fused-ring (bicyclic) bond motifs is 1. The van der Waals surface area contributed by atoms with E-state index in [4.69, 9.17) is 0 Å². The van der Waals surface area contributed by atoms with Crippen molar-refractivity contribution in [3.05, 3.63) is 24.4 Å². The Labute approximate surface area is 93.9 Å². The largest absolute Gasteiger partial charge is 0.283 e. The molecule has 0 aliphatic carbocycles. The topological polar surface area (TPSA) is 74.8 Å². The highest BCUT2D eigenvalue weighted by Gasteiger charge is 2.15. The summed E-state index contributed by atoms with van der Waals surface area (Å²) in [6, 6.07) is 5.25. The third-order valence-electron chi connectivity index (χ3n) is 2.32. The number of aromatic nitrogens is 2. The van der Waals surface area contributed by atoms with Crippen molar-refractivity contribution in [3.8, 4) is 0 Å². The van der Waals surface area contributed by atoms with Gasteiger partial charge in [-0.15, -0.1) is 0 Å². The van der Waals surface area contributed by atoms with E-state index in [-0.39, 0.29) is 0 Å². The van der Waals surface area contributed by atoms with Crippen LogP contribution in [-0.2, 0) is 10.0 Å². The van der Waals surface area contributed by atoms with Crippen molar-refractivity contribution >= 4 is 26.6 Å². The first kappa shape index (κ1) is 10.9. The number of H-pyrrole nitrogens is 1. The Morgan fingerprint density at radius 3 is 2.81 bits per heavy atom. The number of hydrogen-bond donors (Lipinski definition) is 2. The Morgan fingerprint density at radius 2 is 2.12 bits per heavy atom. The second-order valence-corrected chi connectivity index (χ2v) is 6.10. The summed E-state index contributed by atoms with van der Waals surface area (Å²) in [6.07, 6.45) is 1.66. The van der Waals surface area contributed by atoms with E-state index >= 15 is 0 Å². The van der Waals surface area contributed by atoms with Crippen LogP contribution in [0.2, 0.25) is 0 Å². The molecule has 0 fully saturated rings. The average molecular weight is 239 g/mol. The lowest BCUT2D eigenvalue weighted by atomic mass is 10.2. The fraction of sp³-hybridized carbons (Fsp3) is 0.300. The molecule has 0 bridgehead atoms. The molecule has 0 aliphatic heterocycles. The summed E-state index contributed by atoms with van der Waals surface area (Å²) in [5.74, 6) is 0. The smallest absolute Gasteiger partial charge is 0.235 e. The molecule has 2 rings (SSSR count). The van der Waals surface area contributed by atoms with Crippen LogP contribution in [0.1, 0.15) is 13.8 Å². The minimum Gasteiger partial charge on any atom is -0.283 e. The first-order valence-corrected chi connectivity index (χ1v) is 6.48. The van der Waals surface area contributed by atoms with E-state index in [1.54, 1.807) is 38.2 Å². The molecule has 0 unspecified atom stereocenters. The van der Waals surface area contributed by atoms with Crippen LogP contribution in [-0.4, -0.2) is 23.9 Å². The molecule has 5 nitrogen and oxygen atoms in total. The summed E-state index contributed by atoms with van der Waals surface area (Å²) in [5.41, 5.74) is 1.44. The number of benzene rings is 1. The molecule has 0 saturated heterocycles. The van der Waals surface area contributed by atoms with Gasteiger partial charge in [0.25, 0.3) is 0 Å². The van der Waals surface area contributed by atoms with Crippen LogP contribution in [0.4, 0.5) is 5.69 Å². The molecule has 16 heavy (non-hydrogen) atoms. The van der Waals surface area contributed by atoms with Gasteiger partial charge in [0, 0.05) is 11.1 Å². The standard InChI is InChI=1S/C10H13N3O2S/c1-7(2)16(14,15)13-9-3-4-10-8(5-9)6-11-12-10/h3-7,13H,1-2H3,(H,11,12). The van der Waals surface area contributed by atoms with Crippen molar-refractivity contribution in [1.82, 2.24) is 10.2 Å². The van der Waals surface area contributed by atoms with E-state index in [9.17, 15) is 8.42 Å². The first-order chi connectivity index (χ1) is 7.49. The number of aromatic amines is 1.